The van der Waals surface area contributed by atoms with Crippen molar-refractivity contribution in [1.29, 1.82) is 0 Å². The molecule has 0 saturated heterocycles. The van der Waals surface area contributed by atoms with Crippen LogP contribution in [-0.2, 0) is 12.8 Å². The molecule has 0 bridgehead atoms. The molecule has 5 nitrogen and oxygen atoms in total. The Morgan fingerprint density at radius 2 is 2.41 bits per heavy atom. The van der Waals surface area contributed by atoms with E-state index in [9.17, 15) is 0 Å². The van der Waals surface area contributed by atoms with E-state index in [0.29, 0.717) is 0 Å². The predicted molar refractivity (Wildman–Crippen MR) is 71.5 cm³/mol. The van der Waals surface area contributed by atoms with Gasteiger partial charge in [-0.1, -0.05) is 11.4 Å². The molecule has 0 aliphatic carbocycles. The molecular formula is C10H15N5S2. The first kappa shape index (κ1) is 12.4. The van der Waals surface area contributed by atoms with E-state index >= 15 is 0 Å². The maximum Gasteiger partial charge on any atom is 0.134 e. The van der Waals surface area contributed by atoms with Gasteiger partial charge in [0.05, 0.1) is 6.20 Å². The van der Waals surface area contributed by atoms with Gasteiger partial charge in [-0.05, 0) is 6.42 Å². The van der Waals surface area contributed by atoms with Crippen molar-refractivity contribution in [3.05, 3.63) is 18.1 Å². The second-order valence-corrected chi connectivity index (χ2v) is 5.42. The van der Waals surface area contributed by atoms with E-state index in [1.807, 2.05) is 19.4 Å². The number of nitrogens with one attached hydrogen (secondary N) is 1. The Kier molecular flexibility index (Phi) is 4.38. The highest BCUT2D eigenvalue weighted by Crippen LogP contribution is 2.26. The SMILES string of the molecule is CCCNc1snnc1CSc1cnn(C)c1. The van der Waals surface area contributed by atoms with Crippen molar-refractivity contribution >= 4 is 28.3 Å². The Morgan fingerprint density at radius 3 is 3.12 bits per heavy atom. The Bertz CT molecular complexity index is 465. The van der Waals surface area contributed by atoms with E-state index in [0.717, 1.165) is 34.3 Å². The van der Waals surface area contributed by atoms with Crippen LogP contribution in [0.4, 0.5) is 5.00 Å². The van der Waals surface area contributed by atoms with Crippen molar-refractivity contribution in [3.63, 3.8) is 0 Å². The fourth-order valence-electron chi connectivity index (χ4n) is 1.30. The summed E-state index contributed by atoms with van der Waals surface area (Å²) in [5, 5.41) is 12.7. The summed E-state index contributed by atoms with van der Waals surface area (Å²) < 4.78 is 5.79. The third-order valence-electron chi connectivity index (χ3n) is 2.15. The first-order valence-electron chi connectivity index (χ1n) is 5.46. The Labute approximate surface area is 109 Å². The Morgan fingerprint density at radius 1 is 1.53 bits per heavy atom. The van der Waals surface area contributed by atoms with Gasteiger partial charge < -0.3 is 5.32 Å². The van der Waals surface area contributed by atoms with Gasteiger partial charge in [-0.2, -0.15) is 5.10 Å². The minimum atomic E-state index is 0.828. The van der Waals surface area contributed by atoms with Gasteiger partial charge in [0.2, 0.25) is 0 Å². The summed E-state index contributed by atoms with van der Waals surface area (Å²) in [6, 6.07) is 0. The first-order valence-corrected chi connectivity index (χ1v) is 7.22. The molecular weight excluding hydrogens is 254 g/mol. The molecule has 0 spiro atoms. The van der Waals surface area contributed by atoms with Crippen LogP contribution in [0.25, 0.3) is 0 Å². The number of anilines is 1. The first-order chi connectivity index (χ1) is 8.29. The highest BCUT2D eigenvalue weighted by Gasteiger charge is 2.08. The predicted octanol–water partition coefficient (Wildman–Crippen LogP) is 2.39. The lowest BCUT2D eigenvalue weighted by atomic mass is 10.4. The lowest BCUT2D eigenvalue weighted by Crippen LogP contribution is -2.00. The molecule has 0 aromatic carbocycles. The second-order valence-electron chi connectivity index (χ2n) is 3.61. The third kappa shape index (κ3) is 3.44. The highest BCUT2D eigenvalue weighted by molar-refractivity contribution is 7.98. The summed E-state index contributed by atoms with van der Waals surface area (Å²) in [7, 11) is 1.92. The molecule has 1 N–H and O–H groups in total. The van der Waals surface area contributed by atoms with Crippen molar-refractivity contribution in [3.8, 4) is 0 Å². The Hall–Kier alpha value is -1.08. The fourth-order valence-corrected chi connectivity index (χ4v) is 2.85. The largest absolute Gasteiger partial charge is 0.374 e. The number of hydrogen-bond donors (Lipinski definition) is 1. The van der Waals surface area contributed by atoms with Crippen LogP contribution in [0.15, 0.2) is 17.3 Å². The molecule has 7 heteroatoms. The van der Waals surface area contributed by atoms with Crippen LogP contribution in [0, 0.1) is 0 Å². The number of aryl methyl sites for hydroxylation is 1. The van der Waals surface area contributed by atoms with E-state index in [4.69, 9.17) is 0 Å². The van der Waals surface area contributed by atoms with Crippen molar-refractivity contribution < 1.29 is 0 Å². The van der Waals surface area contributed by atoms with Crippen LogP contribution in [0.5, 0.6) is 0 Å². The molecule has 0 saturated carbocycles. The average molecular weight is 269 g/mol. The standard InChI is InChI=1S/C10H15N5S2/c1-3-4-11-10-9(13-14-17-10)7-16-8-5-12-15(2)6-8/h5-6,11H,3-4,7H2,1-2H3. The van der Waals surface area contributed by atoms with Gasteiger partial charge in [-0.3, -0.25) is 4.68 Å². The molecule has 17 heavy (non-hydrogen) atoms. The lowest BCUT2D eigenvalue weighted by Gasteiger charge is -2.02. The summed E-state index contributed by atoms with van der Waals surface area (Å²) >= 11 is 3.15. The summed E-state index contributed by atoms with van der Waals surface area (Å²) in [4.78, 5) is 1.15. The van der Waals surface area contributed by atoms with Crippen LogP contribution >= 0.6 is 23.3 Å². The number of thioether (sulfide) groups is 1. The minimum absolute atomic E-state index is 0.828. The van der Waals surface area contributed by atoms with Crippen LogP contribution in [0.2, 0.25) is 0 Å². The van der Waals surface area contributed by atoms with Crippen molar-refractivity contribution in [1.82, 2.24) is 19.4 Å². The maximum atomic E-state index is 4.15. The van der Waals surface area contributed by atoms with Crippen LogP contribution < -0.4 is 5.32 Å². The van der Waals surface area contributed by atoms with Gasteiger partial charge in [-0.15, -0.1) is 16.9 Å². The van der Waals surface area contributed by atoms with Crippen LogP contribution in [0.1, 0.15) is 19.0 Å². The number of rotatable bonds is 6. The molecule has 0 aliphatic heterocycles. The van der Waals surface area contributed by atoms with Crippen LogP contribution in [0.3, 0.4) is 0 Å². The summed E-state index contributed by atoms with van der Waals surface area (Å²) in [6.45, 7) is 3.11. The van der Waals surface area contributed by atoms with Gasteiger partial charge in [0, 0.05) is 42.0 Å². The summed E-state index contributed by atoms with van der Waals surface area (Å²) in [5.41, 5.74) is 1.03. The van der Waals surface area contributed by atoms with Crippen molar-refractivity contribution in [2.45, 2.75) is 24.0 Å². The smallest absolute Gasteiger partial charge is 0.134 e. The van der Waals surface area contributed by atoms with E-state index < -0.39 is 0 Å². The average Bonchev–Trinajstić information content (AvgIpc) is 2.92. The van der Waals surface area contributed by atoms with E-state index in [2.05, 4.69) is 26.9 Å². The van der Waals surface area contributed by atoms with Crippen molar-refractivity contribution in [2.24, 2.45) is 7.05 Å². The van der Waals surface area contributed by atoms with Gasteiger partial charge >= 0.3 is 0 Å². The minimum Gasteiger partial charge on any atom is -0.374 e. The molecule has 0 atom stereocenters. The molecule has 2 rings (SSSR count). The number of nitrogens with zero attached hydrogens (tertiary/aromatic N) is 4. The van der Waals surface area contributed by atoms with Crippen molar-refractivity contribution in [2.75, 3.05) is 11.9 Å². The van der Waals surface area contributed by atoms with E-state index in [-0.39, 0.29) is 0 Å². The van der Waals surface area contributed by atoms with Gasteiger partial charge in [0.1, 0.15) is 10.7 Å². The zero-order chi connectivity index (χ0) is 12.1. The third-order valence-corrected chi connectivity index (χ3v) is 3.84. The molecule has 2 aromatic rings. The Balaban J connectivity index is 1.92. The molecule has 2 heterocycles. The van der Waals surface area contributed by atoms with E-state index in [1.165, 1.54) is 11.5 Å². The second kappa shape index (κ2) is 6.02. The molecule has 0 fully saturated rings. The fraction of sp³-hybridized carbons (Fsp3) is 0.500. The quantitative estimate of drug-likeness (QED) is 0.816. The highest BCUT2D eigenvalue weighted by atomic mass is 32.2. The zero-order valence-electron chi connectivity index (χ0n) is 9.88. The maximum absolute atomic E-state index is 4.15. The van der Waals surface area contributed by atoms with Crippen LogP contribution in [-0.4, -0.2) is 25.9 Å². The van der Waals surface area contributed by atoms with Gasteiger partial charge in [-0.25, -0.2) is 0 Å². The summed E-state index contributed by atoms with van der Waals surface area (Å²) in [6.07, 6.45) is 4.97. The molecule has 0 amide bonds. The topological polar surface area (TPSA) is 55.6 Å². The molecule has 0 radical (unpaired) electrons. The lowest BCUT2D eigenvalue weighted by molar-refractivity contribution is 0.766. The molecule has 0 aliphatic rings. The number of hydrogen-bond acceptors (Lipinski definition) is 6. The van der Waals surface area contributed by atoms with E-state index in [1.54, 1.807) is 16.4 Å². The van der Waals surface area contributed by atoms with Gasteiger partial charge in [0.25, 0.3) is 0 Å². The molecule has 2 aromatic heterocycles. The monoisotopic (exact) mass is 269 g/mol. The molecule has 92 valence electrons. The number of aromatic nitrogens is 4. The zero-order valence-corrected chi connectivity index (χ0v) is 11.5. The van der Waals surface area contributed by atoms with Gasteiger partial charge in [0.15, 0.2) is 0 Å². The summed E-state index contributed by atoms with van der Waals surface area (Å²) in [5.74, 6) is 0.828. The molecule has 0 unspecified atom stereocenters. The normalized spacial score (nSPS) is 10.7.